The minimum Gasteiger partial charge on any atom is -0.375 e. The summed E-state index contributed by atoms with van der Waals surface area (Å²) in [5.74, 6) is -3.29. The molecule has 1 amide bonds. The van der Waals surface area contributed by atoms with Crippen LogP contribution in [-0.4, -0.2) is 38.7 Å². The van der Waals surface area contributed by atoms with Gasteiger partial charge >= 0.3 is 0 Å². The van der Waals surface area contributed by atoms with Gasteiger partial charge in [-0.15, -0.1) is 0 Å². The average Bonchev–Trinajstić information content (AvgIpc) is 3.50. The van der Waals surface area contributed by atoms with Gasteiger partial charge in [-0.1, -0.05) is 44.2 Å². The molecule has 1 aromatic heterocycles. The first kappa shape index (κ1) is 26.1. The predicted octanol–water partition coefficient (Wildman–Crippen LogP) is 4.39. The summed E-state index contributed by atoms with van der Waals surface area (Å²) < 4.78 is 28.2. The number of H-pyrrole nitrogens is 1. The fourth-order valence-corrected chi connectivity index (χ4v) is 4.51. The summed E-state index contributed by atoms with van der Waals surface area (Å²) >= 11 is 0. The molecule has 1 aliphatic rings. The molecule has 1 aliphatic heterocycles. The molecule has 3 aromatic rings. The monoisotopic (exact) mass is 506 g/mol. The Kier molecular flexibility index (Phi) is 6.92. The first-order valence-electron chi connectivity index (χ1n) is 11.8. The van der Waals surface area contributed by atoms with Crippen molar-refractivity contribution in [3.8, 4) is 0 Å². The molecule has 0 saturated carbocycles. The van der Waals surface area contributed by atoms with E-state index in [0.717, 1.165) is 23.4 Å². The zero-order chi connectivity index (χ0) is 26.8. The van der Waals surface area contributed by atoms with Crippen LogP contribution in [0.3, 0.4) is 0 Å². The van der Waals surface area contributed by atoms with Crippen molar-refractivity contribution in [3.63, 3.8) is 0 Å². The maximum atomic E-state index is 14.1. The molecule has 0 bridgehead atoms. The average molecular weight is 507 g/mol. The second kappa shape index (κ2) is 9.82. The highest BCUT2D eigenvalue weighted by atomic mass is 19.1. The van der Waals surface area contributed by atoms with Crippen molar-refractivity contribution in [2.75, 3.05) is 5.32 Å². The van der Waals surface area contributed by atoms with Crippen molar-refractivity contribution in [2.45, 2.75) is 50.2 Å². The lowest BCUT2D eigenvalue weighted by atomic mass is 9.78. The van der Waals surface area contributed by atoms with E-state index < -0.39 is 40.9 Å². The predicted molar refractivity (Wildman–Crippen MR) is 136 cm³/mol. The van der Waals surface area contributed by atoms with Crippen LogP contribution < -0.4 is 5.32 Å². The number of halogens is 2. The summed E-state index contributed by atoms with van der Waals surface area (Å²) in [6.45, 7) is 5.31. The number of aromatic amines is 1. The lowest BCUT2D eigenvalue weighted by molar-refractivity contribution is -0.138. The Labute approximate surface area is 213 Å². The lowest BCUT2D eigenvalue weighted by Crippen LogP contribution is -2.48. The van der Waals surface area contributed by atoms with Crippen LogP contribution in [0.25, 0.3) is 0 Å². The summed E-state index contributed by atoms with van der Waals surface area (Å²) in [6, 6.07) is 13.9. The molecule has 2 unspecified atom stereocenters. The van der Waals surface area contributed by atoms with Crippen LogP contribution in [0.4, 0.5) is 14.6 Å². The Balaban J connectivity index is 1.65. The second-order valence-electron chi connectivity index (χ2n) is 9.98. The van der Waals surface area contributed by atoms with Gasteiger partial charge in [-0.25, -0.2) is 8.78 Å². The number of carbonyl (C=O) groups excluding carboxylic acids is 2. The molecule has 9 heteroatoms. The maximum Gasteiger partial charge on any atom is 0.262 e. The van der Waals surface area contributed by atoms with Gasteiger partial charge in [0.05, 0.1) is 0 Å². The summed E-state index contributed by atoms with van der Waals surface area (Å²) in [5, 5.41) is 21.3. The molecule has 37 heavy (non-hydrogen) atoms. The number of hydrogen-bond acceptors (Lipinski definition) is 5. The van der Waals surface area contributed by atoms with Crippen molar-refractivity contribution in [2.24, 2.45) is 4.99 Å². The first-order valence-corrected chi connectivity index (χ1v) is 11.8. The molecule has 192 valence electrons. The van der Waals surface area contributed by atoms with Crippen LogP contribution >= 0.6 is 0 Å². The minimum absolute atomic E-state index is 0.110. The number of allylic oxidation sites excluding steroid dienone is 1. The number of Topliss-reactive ketones (excluding diaryl/α,β-unsaturated/α-hetero) is 1. The molecule has 2 atom stereocenters. The minimum atomic E-state index is -2.51. The number of benzene rings is 2. The second-order valence-corrected chi connectivity index (χ2v) is 9.98. The summed E-state index contributed by atoms with van der Waals surface area (Å²) in [6.07, 6.45) is 4.47. The van der Waals surface area contributed by atoms with Crippen molar-refractivity contribution in [3.05, 3.63) is 95.2 Å². The van der Waals surface area contributed by atoms with Gasteiger partial charge in [0.1, 0.15) is 17.2 Å². The van der Waals surface area contributed by atoms with E-state index in [-0.39, 0.29) is 16.8 Å². The molecule has 0 fully saturated rings. The van der Waals surface area contributed by atoms with Gasteiger partial charge in [0.25, 0.3) is 5.91 Å². The Bertz CT molecular complexity index is 1350. The van der Waals surface area contributed by atoms with Crippen LogP contribution in [0.15, 0.2) is 71.7 Å². The smallest absolute Gasteiger partial charge is 0.262 e. The number of nitrogens with zero attached hydrogens (tertiary/aromatic N) is 2. The molecule has 0 saturated heterocycles. The van der Waals surface area contributed by atoms with E-state index in [0.29, 0.717) is 12.5 Å². The van der Waals surface area contributed by atoms with Crippen LogP contribution in [0, 0.1) is 11.6 Å². The van der Waals surface area contributed by atoms with Gasteiger partial charge in [0.2, 0.25) is 0 Å². The number of aliphatic imine (C=N–C) groups is 1. The maximum absolute atomic E-state index is 14.1. The highest BCUT2D eigenvalue weighted by Crippen LogP contribution is 2.37. The quantitative estimate of drug-likeness (QED) is 0.400. The molecule has 2 heterocycles. The number of nitrogens with one attached hydrogen (secondary N) is 2. The van der Waals surface area contributed by atoms with Gasteiger partial charge in [-0.05, 0) is 48.8 Å². The van der Waals surface area contributed by atoms with Crippen molar-refractivity contribution < 1.29 is 23.5 Å². The SMILES string of the molecule is CC(=O)C1(CC(O)(C(=O)Nc2cc(C(C)(C)Cc3ccccc3)[nH]n2)c2cc(F)cc(F)c2)C=CC=N1. The van der Waals surface area contributed by atoms with E-state index in [1.54, 1.807) is 6.07 Å². The van der Waals surface area contributed by atoms with Crippen molar-refractivity contribution in [1.82, 2.24) is 10.2 Å². The molecule has 3 N–H and O–H groups in total. The number of hydrogen-bond donors (Lipinski definition) is 3. The molecule has 0 aliphatic carbocycles. The van der Waals surface area contributed by atoms with E-state index in [4.69, 9.17) is 0 Å². The van der Waals surface area contributed by atoms with Crippen molar-refractivity contribution >= 4 is 23.7 Å². The summed E-state index contributed by atoms with van der Waals surface area (Å²) in [5.41, 5.74) is -2.95. The van der Waals surface area contributed by atoms with Gasteiger partial charge in [0, 0.05) is 35.9 Å². The fourth-order valence-electron chi connectivity index (χ4n) is 4.51. The molecule has 4 rings (SSSR count). The number of amides is 1. The number of aliphatic hydroxyl groups is 1. The Morgan fingerprint density at radius 2 is 1.76 bits per heavy atom. The third-order valence-electron chi connectivity index (χ3n) is 6.65. The Hall–Kier alpha value is -3.98. The van der Waals surface area contributed by atoms with E-state index in [1.807, 2.05) is 44.2 Å². The third kappa shape index (κ3) is 5.41. The zero-order valence-electron chi connectivity index (χ0n) is 20.8. The van der Waals surface area contributed by atoms with Crippen LogP contribution in [0.2, 0.25) is 0 Å². The van der Waals surface area contributed by atoms with E-state index >= 15 is 0 Å². The Morgan fingerprint density at radius 1 is 1.08 bits per heavy atom. The van der Waals surface area contributed by atoms with Crippen LogP contribution in [0.5, 0.6) is 0 Å². The van der Waals surface area contributed by atoms with E-state index in [9.17, 15) is 23.5 Å². The lowest BCUT2D eigenvalue weighted by Gasteiger charge is -2.33. The fraction of sp³-hybridized carbons (Fsp3) is 0.286. The standard InChI is InChI=1S/C28H28F2N4O3/c1-18(35)27(10-7-11-31-27)17-28(37,20-12-21(29)14-22(30)13-20)25(36)32-24-15-23(33-34-24)26(2,3)16-19-8-5-4-6-9-19/h4-15,37H,16-17H2,1-3H3,(H2,32,33,34,36). The molecule has 0 radical (unpaired) electrons. The molecule has 2 aromatic carbocycles. The highest BCUT2D eigenvalue weighted by molar-refractivity contribution is 6.00. The summed E-state index contributed by atoms with van der Waals surface area (Å²) in [4.78, 5) is 30.1. The first-order chi connectivity index (χ1) is 17.4. The van der Waals surface area contributed by atoms with E-state index in [1.165, 1.54) is 25.3 Å². The van der Waals surface area contributed by atoms with Crippen molar-refractivity contribution in [1.29, 1.82) is 0 Å². The highest BCUT2D eigenvalue weighted by Gasteiger charge is 2.49. The van der Waals surface area contributed by atoms with Crippen LogP contribution in [0.1, 0.15) is 44.0 Å². The van der Waals surface area contributed by atoms with Gasteiger partial charge in [-0.2, -0.15) is 5.10 Å². The number of rotatable bonds is 9. The summed E-state index contributed by atoms with van der Waals surface area (Å²) in [7, 11) is 0. The molecular weight excluding hydrogens is 478 g/mol. The third-order valence-corrected chi connectivity index (χ3v) is 6.65. The normalized spacial score (nSPS) is 18.5. The van der Waals surface area contributed by atoms with Gasteiger partial charge in [0.15, 0.2) is 17.2 Å². The largest absolute Gasteiger partial charge is 0.375 e. The number of ketones is 1. The topological polar surface area (TPSA) is 107 Å². The van der Waals surface area contributed by atoms with Gasteiger partial charge in [-0.3, -0.25) is 19.7 Å². The number of aromatic nitrogens is 2. The molecule has 7 nitrogen and oxygen atoms in total. The Morgan fingerprint density at radius 3 is 2.35 bits per heavy atom. The zero-order valence-corrected chi connectivity index (χ0v) is 20.8. The number of carbonyl (C=O) groups is 2. The van der Waals surface area contributed by atoms with E-state index in [2.05, 4.69) is 20.5 Å². The molecular formula is C28H28F2N4O3. The van der Waals surface area contributed by atoms with Crippen LogP contribution in [-0.2, 0) is 27.0 Å². The number of anilines is 1. The molecule has 0 spiro atoms. The van der Waals surface area contributed by atoms with Gasteiger partial charge < -0.3 is 10.4 Å².